The van der Waals surface area contributed by atoms with Crippen molar-refractivity contribution in [3.63, 3.8) is 0 Å². The Hall–Kier alpha value is -3.36. The maximum Gasteiger partial charge on any atom is 0.417 e. The van der Waals surface area contributed by atoms with Crippen molar-refractivity contribution in [2.24, 2.45) is 0 Å². The van der Waals surface area contributed by atoms with E-state index in [2.05, 4.69) is 20.7 Å². The van der Waals surface area contributed by atoms with Crippen LogP contribution in [0.25, 0.3) is 22.3 Å². The molecular weight excluding hydrogens is 439 g/mol. The van der Waals surface area contributed by atoms with E-state index in [1.165, 1.54) is 12.1 Å². The van der Waals surface area contributed by atoms with Gasteiger partial charge in [0.15, 0.2) is 5.82 Å². The smallest absolute Gasteiger partial charge is 0.325 e. The van der Waals surface area contributed by atoms with Crippen molar-refractivity contribution >= 4 is 28.3 Å². The quantitative estimate of drug-likeness (QED) is 0.550. The molecule has 2 heterocycles. The predicted molar refractivity (Wildman–Crippen MR) is 118 cm³/mol. The third kappa shape index (κ3) is 3.61. The average Bonchev–Trinajstić information content (AvgIpc) is 3.07. The van der Waals surface area contributed by atoms with Crippen LogP contribution in [0.4, 0.5) is 19.0 Å². The van der Waals surface area contributed by atoms with E-state index in [0.717, 1.165) is 17.5 Å². The van der Waals surface area contributed by atoms with E-state index in [-0.39, 0.29) is 17.4 Å². The van der Waals surface area contributed by atoms with Gasteiger partial charge in [0.05, 0.1) is 17.1 Å². The minimum absolute atomic E-state index is 0.00277. The van der Waals surface area contributed by atoms with Gasteiger partial charge in [0.1, 0.15) is 11.6 Å². The summed E-state index contributed by atoms with van der Waals surface area (Å²) in [6.07, 6.45) is 1.05. The van der Waals surface area contributed by atoms with Crippen LogP contribution in [0.5, 0.6) is 0 Å². The lowest BCUT2D eigenvalue weighted by Gasteiger charge is -2.19. The second-order valence-corrected chi connectivity index (χ2v) is 7.87. The molecule has 0 bridgehead atoms. The van der Waals surface area contributed by atoms with Gasteiger partial charge in [0, 0.05) is 28.6 Å². The number of nitrogens with one attached hydrogen (secondary N) is 2. The normalized spacial score (nSPS) is 18.2. The number of aromatic nitrogens is 2. The molecule has 1 unspecified atom stereocenters. The molecule has 1 aliphatic carbocycles. The zero-order valence-corrected chi connectivity index (χ0v) is 17.5. The van der Waals surface area contributed by atoms with Gasteiger partial charge in [-0.05, 0) is 30.4 Å². The Morgan fingerprint density at radius 1 is 1.03 bits per heavy atom. The number of allylic oxidation sites excluding steroid dienone is 2. The summed E-state index contributed by atoms with van der Waals surface area (Å²) in [6.45, 7) is 0. The fraction of sp³-hybridized carbons (Fsp3) is 0.130. The summed E-state index contributed by atoms with van der Waals surface area (Å²) in [4.78, 5) is 8.95. The van der Waals surface area contributed by atoms with Gasteiger partial charge in [-0.3, -0.25) is 5.01 Å². The van der Waals surface area contributed by atoms with Crippen molar-refractivity contribution in [2.45, 2.75) is 12.2 Å². The molecule has 0 amide bonds. The fourth-order valence-electron chi connectivity index (χ4n) is 3.86. The molecule has 162 valence electrons. The second-order valence-electron chi connectivity index (χ2n) is 7.44. The zero-order chi connectivity index (χ0) is 22.5. The first kappa shape index (κ1) is 20.5. The van der Waals surface area contributed by atoms with Crippen molar-refractivity contribution in [1.82, 2.24) is 20.4 Å². The molecule has 9 heteroatoms. The Morgan fingerprint density at radius 3 is 2.59 bits per heavy atom. The molecule has 1 atom stereocenters. The molecule has 3 aromatic rings. The van der Waals surface area contributed by atoms with E-state index in [1.54, 1.807) is 29.3 Å². The minimum Gasteiger partial charge on any atom is -0.325 e. The van der Waals surface area contributed by atoms with E-state index in [9.17, 15) is 13.2 Å². The number of hydrogen-bond acceptors (Lipinski definition) is 5. The van der Waals surface area contributed by atoms with Crippen LogP contribution < -0.4 is 10.7 Å². The summed E-state index contributed by atoms with van der Waals surface area (Å²) in [5, 5.41) is 6.42. The predicted octanol–water partition coefficient (Wildman–Crippen LogP) is 5.45. The lowest BCUT2D eigenvalue weighted by atomic mass is 10.0. The summed E-state index contributed by atoms with van der Waals surface area (Å²) in [7, 11) is 1.84. The number of nitrogens with zero attached hydrogens (tertiary/aromatic N) is 3. The largest absolute Gasteiger partial charge is 0.417 e. The number of benzene rings is 2. The van der Waals surface area contributed by atoms with Crippen molar-refractivity contribution in [3.8, 4) is 11.4 Å². The van der Waals surface area contributed by atoms with Gasteiger partial charge < -0.3 is 5.32 Å². The third-order valence-electron chi connectivity index (χ3n) is 5.34. The van der Waals surface area contributed by atoms with Crippen molar-refractivity contribution < 1.29 is 13.2 Å². The van der Waals surface area contributed by atoms with Gasteiger partial charge in [0.25, 0.3) is 0 Å². The summed E-state index contributed by atoms with van der Waals surface area (Å²) < 4.78 is 40.9. The number of fused-ring (bicyclic) bond motifs is 2. The number of para-hydroxylation sites is 1. The molecule has 32 heavy (non-hydrogen) atoms. The molecule has 2 aromatic carbocycles. The molecule has 5 rings (SSSR count). The molecule has 0 radical (unpaired) electrons. The second kappa shape index (κ2) is 7.65. The Kier molecular flexibility index (Phi) is 4.91. The fourth-order valence-corrected chi connectivity index (χ4v) is 4.05. The molecule has 0 spiro atoms. The average molecular weight is 456 g/mol. The molecule has 1 aliphatic heterocycles. The van der Waals surface area contributed by atoms with E-state index in [4.69, 9.17) is 11.6 Å². The van der Waals surface area contributed by atoms with Gasteiger partial charge in [0.2, 0.25) is 0 Å². The Bertz CT molecular complexity index is 1310. The van der Waals surface area contributed by atoms with Crippen molar-refractivity contribution in [3.05, 3.63) is 88.7 Å². The van der Waals surface area contributed by atoms with Crippen molar-refractivity contribution in [1.29, 1.82) is 0 Å². The summed E-state index contributed by atoms with van der Waals surface area (Å²) in [5.41, 5.74) is 3.90. The molecule has 2 aliphatic rings. The van der Waals surface area contributed by atoms with Crippen LogP contribution in [0.2, 0.25) is 0 Å². The number of rotatable bonds is 3. The first-order valence-corrected chi connectivity index (χ1v) is 10.2. The first-order chi connectivity index (χ1) is 15.3. The monoisotopic (exact) mass is 455 g/mol. The standard InChI is InChI=1S/C23H17ClF3N5/c1-32-22(16-11-10-13(24)12-19(16)31-32)30-21-15-7-3-5-9-18(15)28-20(29-21)14-6-2-4-8-17(14)23(25,26)27/h2-12,19,31H,1H3,(H,28,29,30). The van der Waals surface area contributed by atoms with Crippen LogP contribution in [-0.4, -0.2) is 28.1 Å². The maximum atomic E-state index is 13.6. The van der Waals surface area contributed by atoms with E-state index in [0.29, 0.717) is 21.8 Å². The number of halogens is 4. The topological polar surface area (TPSA) is 53.1 Å². The number of hydrogen-bond donors (Lipinski definition) is 2. The van der Waals surface area contributed by atoms with Crippen LogP contribution in [0.1, 0.15) is 5.56 Å². The summed E-state index contributed by atoms with van der Waals surface area (Å²) in [5.74, 6) is 1.14. The van der Waals surface area contributed by atoms with Gasteiger partial charge in [-0.1, -0.05) is 48.0 Å². The van der Waals surface area contributed by atoms with Crippen LogP contribution in [0.15, 0.2) is 83.2 Å². The SMILES string of the molecule is CN1NC2C=C(Cl)C=CC2=C1Nc1nc(-c2ccccc2C(F)(F)F)nc2ccccc12. The first-order valence-electron chi connectivity index (χ1n) is 9.81. The van der Waals surface area contributed by atoms with E-state index >= 15 is 0 Å². The molecule has 0 fully saturated rings. The van der Waals surface area contributed by atoms with E-state index < -0.39 is 11.7 Å². The molecule has 1 aromatic heterocycles. The van der Waals surface area contributed by atoms with Gasteiger partial charge in [-0.15, -0.1) is 0 Å². The van der Waals surface area contributed by atoms with Crippen LogP contribution in [-0.2, 0) is 6.18 Å². The maximum absolute atomic E-state index is 13.6. The summed E-state index contributed by atoms with van der Waals surface area (Å²) in [6, 6.07) is 12.4. The zero-order valence-electron chi connectivity index (χ0n) is 16.8. The Morgan fingerprint density at radius 2 is 1.78 bits per heavy atom. The number of alkyl halides is 3. The van der Waals surface area contributed by atoms with Gasteiger partial charge in [-0.25, -0.2) is 15.4 Å². The van der Waals surface area contributed by atoms with Crippen molar-refractivity contribution in [2.75, 3.05) is 12.4 Å². The summed E-state index contributed by atoms with van der Waals surface area (Å²) >= 11 is 6.12. The molecule has 0 saturated carbocycles. The van der Waals surface area contributed by atoms with Gasteiger partial charge >= 0.3 is 6.18 Å². The highest BCUT2D eigenvalue weighted by molar-refractivity contribution is 6.31. The number of anilines is 1. The van der Waals surface area contributed by atoms with Crippen LogP contribution >= 0.6 is 11.6 Å². The highest BCUT2D eigenvalue weighted by atomic mass is 35.5. The molecular formula is C23H17ClF3N5. The number of hydrazine groups is 1. The van der Waals surface area contributed by atoms with Crippen LogP contribution in [0, 0.1) is 0 Å². The van der Waals surface area contributed by atoms with Crippen LogP contribution in [0.3, 0.4) is 0 Å². The lowest BCUT2D eigenvalue weighted by Crippen LogP contribution is -2.35. The Labute approximate surface area is 186 Å². The Balaban J connectivity index is 1.66. The molecule has 0 saturated heterocycles. The van der Waals surface area contributed by atoms with E-state index in [1.807, 2.05) is 31.3 Å². The molecule has 2 N–H and O–H groups in total. The minimum atomic E-state index is -4.52. The van der Waals surface area contributed by atoms with Gasteiger partial charge in [-0.2, -0.15) is 13.2 Å². The highest BCUT2D eigenvalue weighted by Crippen LogP contribution is 2.37. The lowest BCUT2D eigenvalue weighted by molar-refractivity contribution is -0.137. The molecule has 5 nitrogen and oxygen atoms in total. The highest BCUT2D eigenvalue weighted by Gasteiger charge is 2.34. The third-order valence-corrected chi connectivity index (χ3v) is 5.59.